The third kappa shape index (κ3) is 3.10. The fourth-order valence-electron chi connectivity index (χ4n) is 1.29. The first-order valence-electron chi connectivity index (χ1n) is 4.95. The lowest BCUT2D eigenvalue weighted by Crippen LogP contribution is -2.27. The van der Waals surface area contributed by atoms with E-state index in [9.17, 15) is 4.79 Å². The molecule has 0 fully saturated rings. The summed E-state index contributed by atoms with van der Waals surface area (Å²) in [6, 6.07) is 11.5. The Kier molecular flexibility index (Phi) is 3.56. The number of urea groups is 1. The van der Waals surface area contributed by atoms with E-state index < -0.39 is 0 Å². The van der Waals surface area contributed by atoms with Gasteiger partial charge in [0, 0.05) is 11.9 Å². The van der Waals surface area contributed by atoms with E-state index in [0.29, 0.717) is 6.54 Å². The molecule has 0 saturated carbocycles. The standard InChI is InChI=1S/C12H12N2OS/c15-12(14-11-6-7-16-9-11)13-8-10-4-2-1-3-5-10/h1-7,9H,8H2,(H2,13,14,15). The van der Waals surface area contributed by atoms with Crippen molar-refractivity contribution in [2.45, 2.75) is 6.54 Å². The number of rotatable bonds is 3. The largest absolute Gasteiger partial charge is 0.334 e. The number of carbonyl (C=O) groups excluding carboxylic acids is 1. The minimum Gasteiger partial charge on any atom is -0.334 e. The van der Waals surface area contributed by atoms with Crippen molar-refractivity contribution in [3.05, 3.63) is 52.7 Å². The van der Waals surface area contributed by atoms with Crippen molar-refractivity contribution in [2.75, 3.05) is 5.32 Å². The molecule has 0 unspecified atom stereocenters. The van der Waals surface area contributed by atoms with Crippen molar-refractivity contribution >= 4 is 23.1 Å². The Labute approximate surface area is 98.1 Å². The van der Waals surface area contributed by atoms with E-state index in [0.717, 1.165) is 11.3 Å². The average molecular weight is 232 g/mol. The van der Waals surface area contributed by atoms with E-state index >= 15 is 0 Å². The number of hydrogen-bond donors (Lipinski definition) is 2. The molecule has 1 aromatic carbocycles. The Morgan fingerprint density at radius 1 is 1.19 bits per heavy atom. The second kappa shape index (κ2) is 5.32. The summed E-state index contributed by atoms with van der Waals surface area (Å²) in [5, 5.41) is 9.36. The Morgan fingerprint density at radius 3 is 2.69 bits per heavy atom. The fourth-order valence-corrected chi connectivity index (χ4v) is 1.88. The molecule has 2 rings (SSSR count). The van der Waals surface area contributed by atoms with Crippen LogP contribution in [0.4, 0.5) is 10.5 Å². The normalized spacial score (nSPS) is 9.75. The van der Waals surface area contributed by atoms with Gasteiger partial charge in [0.15, 0.2) is 0 Å². The fraction of sp³-hybridized carbons (Fsp3) is 0.0833. The third-order valence-electron chi connectivity index (χ3n) is 2.07. The highest BCUT2D eigenvalue weighted by atomic mass is 32.1. The predicted octanol–water partition coefficient (Wildman–Crippen LogP) is 3.07. The number of hydrogen-bond acceptors (Lipinski definition) is 2. The van der Waals surface area contributed by atoms with Crippen LogP contribution in [0.3, 0.4) is 0 Å². The second-order valence-corrected chi connectivity index (χ2v) is 4.09. The molecule has 0 aliphatic rings. The van der Waals surface area contributed by atoms with E-state index in [1.165, 1.54) is 0 Å². The summed E-state index contributed by atoms with van der Waals surface area (Å²) in [7, 11) is 0. The number of amides is 2. The van der Waals surface area contributed by atoms with Crippen LogP contribution in [0.15, 0.2) is 47.2 Å². The second-order valence-electron chi connectivity index (χ2n) is 3.31. The molecule has 1 aromatic heterocycles. The molecule has 0 spiro atoms. The maximum atomic E-state index is 11.5. The molecule has 0 aliphatic heterocycles. The van der Waals surface area contributed by atoms with Crippen molar-refractivity contribution in [3.8, 4) is 0 Å². The molecule has 16 heavy (non-hydrogen) atoms. The van der Waals surface area contributed by atoms with Crippen molar-refractivity contribution < 1.29 is 4.79 Å². The summed E-state index contributed by atoms with van der Waals surface area (Å²) in [5.41, 5.74) is 1.92. The molecule has 2 amide bonds. The molecule has 2 N–H and O–H groups in total. The Hall–Kier alpha value is -1.81. The smallest absolute Gasteiger partial charge is 0.319 e. The Morgan fingerprint density at radius 2 is 2.00 bits per heavy atom. The van der Waals surface area contributed by atoms with Crippen LogP contribution >= 0.6 is 11.3 Å². The summed E-state index contributed by atoms with van der Waals surface area (Å²) in [6.45, 7) is 0.539. The van der Waals surface area contributed by atoms with Gasteiger partial charge < -0.3 is 10.6 Å². The van der Waals surface area contributed by atoms with Gasteiger partial charge in [0.25, 0.3) is 0 Å². The van der Waals surface area contributed by atoms with Crippen LogP contribution in [0.25, 0.3) is 0 Å². The molecular formula is C12H12N2OS. The molecule has 4 heteroatoms. The van der Waals surface area contributed by atoms with Gasteiger partial charge in [-0.15, -0.1) is 0 Å². The molecule has 0 radical (unpaired) electrons. The first kappa shape index (κ1) is 10.7. The minimum absolute atomic E-state index is 0.178. The van der Waals surface area contributed by atoms with Gasteiger partial charge in [-0.05, 0) is 17.0 Å². The maximum Gasteiger partial charge on any atom is 0.319 e. The van der Waals surface area contributed by atoms with Crippen LogP contribution in [0, 0.1) is 0 Å². The van der Waals surface area contributed by atoms with Crippen molar-refractivity contribution in [1.29, 1.82) is 0 Å². The van der Waals surface area contributed by atoms with Gasteiger partial charge in [0.05, 0.1) is 5.69 Å². The molecule has 0 atom stereocenters. The van der Waals surface area contributed by atoms with Crippen molar-refractivity contribution in [3.63, 3.8) is 0 Å². The topological polar surface area (TPSA) is 41.1 Å². The molecular weight excluding hydrogens is 220 g/mol. The van der Waals surface area contributed by atoms with Crippen LogP contribution in [0.5, 0.6) is 0 Å². The zero-order valence-electron chi connectivity index (χ0n) is 8.64. The number of carbonyl (C=O) groups is 1. The van der Waals surface area contributed by atoms with E-state index in [4.69, 9.17) is 0 Å². The highest BCUT2D eigenvalue weighted by Crippen LogP contribution is 2.11. The van der Waals surface area contributed by atoms with Gasteiger partial charge >= 0.3 is 6.03 Å². The lowest BCUT2D eigenvalue weighted by atomic mass is 10.2. The molecule has 0 aliphatic carbocycles. The Bertz CT molecular complexity index is 439. The third-order valence-corrected chi connectivity index (χ3v) is 2.76. The molecule has 3 nitrogen and oxygen atoms in total. The predicted molar refractivity (Wildman–Crippen MR) is 66.6 cm³/mol. The monoisotopic (exact) mass is 232 g/mol. The highest BCUT2D eigenvalue weighted by Gasteiger charge is 2.00. The average Bonchev–Trinajstić information content (AvgIpc) is 2.81. The highest BCUT2D eigenvalue weighted by molar-refractivity contribution is 7.08. The first-order chi connectivity index (χ1) is 7.84. The van der Waals surface area contributed by atoms with Gasteiger partial charge in [-0.2, -0.15) is 11.3 Å². The van der Waals surface area contributed by atoms with Gasteiger partial charge in [-0.3, -0.25) is 0 Å². The van der Waals surface area contributed by atoms with Crippen LogP contribution < -0.4 is 10.6 Å². The van der Waals surface area contributed by atoms with E-state index in [2.05, 4.69) is 10.6 Å². The first-order valence-corrected chi connectivity index (χ1v) is 5.90. The molecule has 82 valence electrons. The number of nitrogens with one attached hydrogen (secondary N) is 2. The molecule has 0 bridgehead atoms. The summed E-state index contributed by atoms with van der Waals surface area (Å²) in [6.07, 6.45) is 0. The Balaban J connectivity index is 1.80. The van der Waals surface area contributed by atoms with Crippen molar-refractivity contribution in [2.24, 2.45) is 0 Å². The number of anilines is 1. The quantitative estimate of drug-likeness (QED) is 0.839. The molecule has 0 saturated heterocycles. The van der Waals surface area contributed by atoms with Crippen LogP contribution in [0.1, 0.15) is 5.56 Å². The van der Waals surface area contributed by atoms with Gasteiger partial charge in [0.2, 0.25) is 0 Å². The van der Waals surface area contributed by atoms with Crippen LogP contribution in [-0.4, -0.2) is 6.03 Å². The van der Waals surface area contributed by atoms with E-state index in [1.54, 1.807) is 11.3 Å². The SMILES string of the molecule is O=C(NCc1ccccc1)Nc1ccsc1. The minimum atomic E-state index is -0.178. The van der Waals surface area contributed by atoms with Crippen LogP contribution in [-0.2, 0) is 6.54 Å². The summed E-state index contributed by atoms with van der Waals surface area (Å²) in [5.74, 6) is 0. The summed E-state index contributed by atoms with van der Waals surface area (Å²) in [4.78, 5) is 11.5. The van der Waals surface area contributed by atoms with Crippen molar-refractivity contribution in [1.82, 2.24) is 5.32 Å². The molecule has 1 heterocycles. The lowest BCUT2D eigenvalue weighted by molar-refractivity contribution is 0.252. The van der Waals surface area contributed by atoms with E-state index in [1.807, 2.05) is 47.2 Å². The van der Waals surface area contributed by atoms with Gasteiger partial charge in [0.1, 0.15) is 0 Å². The lowest BCUT2D eigenvalue weighted by Gasteiger charge is -2.05. The van der Waals surface area contributed by atoms with Crippen LogP contribution in [0.2, 0.25) is 0 Å². The zero-order chi connectivity index (χ0) is 11.2. The summed E-state index contributed by atoms with van der Waals surface area (Å²) >= 11 is 1.55. The molecule has 2 aromatic rings. The van der Waals surface area contributed by atoms with Gasteiger partial charge in [-0.1, -0.05) is 30.3 Å². The zero-order valence-corrected chi connectivity index (χ0v) is 9.46. The summed E-state index contributed by atoms with van der Waals surface area (Å²) < 4.78 is 0. The number of benzene rings is 1. The maximum absolute atomic E-state index is 11.5. The van der Waals surface area contributed by atoms with E-state index in [-0.39, 0.29) is 6.03 Å². The number of thiophene rings is 1. The van der Waals surface area contributed by atoms with Gasteiger partial charge in [-0.25, -0.2) is 4.79 Å².